The van der Waals surface area contributed by atoms with Crippen molar-refractivity contribution in [2.45, 2.75) is 6.92 Å². The summed E-state index contributed by atoms with van der Waals surface area (Å²) in [5, 5.41) is 3.05. The van der Waals surface area contributed by atoms with Gasteiger partial charge in [-0.15, -0.1) is 0 Å². The van der Waals surface area contributed by atoms with E-state index in [2.05, 4.69) is 47.1 Å². The number of anilines is 1. The van der Waals surface area contributed by atoms with E-state index in [1.807, 2.05) is 38.2 Å². The van der Waals surface area contributed by atoms with Crippen molar-refractivity contribution >= 4 is 37.7 Å². The molecule has 3 nitrogen and oxygen atoms in total. The van der Waals surface area contributed by atoms with Crippen molar-refractivity contribution in [1.29, 1.82) is 0 Å². The maximum absolute atomic E-state index is 4.48. The fraction of sp³-hybridized carbons (Fsp3) is 0.167. The van der Waals surface area contributed by atoms with Crippen molar-refractivity contribution < 1.29 is 0 Å². The molecule has 0 unspecified atom stereocenters. The van der Waals surface area contributed by atoms with Crippen molar-refractivity contribution in [2.75, 3.05) is 12.4 Å². The first-order valence-corrected chi connectivity index (χ1v) is 6.69. The maximum Gasteiger partial charge on any atom is 0.162 e. The SMILES string of the molecule is CNc1nc(-c2ccccc2Br)nc(C)c1Br. The topological polar surface area (TPSA) is 37.8 Å². The summed E-state index contributed by atoms with van der Waals surface area (Å²) < 4.78 is 1.89. The van der Waals surface area contributed by atoms with Crippen LogP contribution in [-0.4, -0.2) is 17.0 Å². The smallest absolute Gasteiger partial charge is 0.162 e. The molecule has 2 rings (SSSR count). The number of aryl methyl sites for hydroxylation is 1. The molecule has 1 N–H and O–H groups in total. The van der Waals surface area contributed by atoms with E-state index in [4.69, 9.17) is 0 Å². The van der Waals surface area contributed by atoms with Crippen LogP contribution < -0.4 is 5.32 Å². The number of nitrogens with zero attached hydrogens (tertiary/aromatic N) is 2. The molecule has 2 aromatic rings. The molecular formula is C12H11Br2N3. The van der Waals surface area contributed by atoms with Crippen LogP contribution in [0.1, 0.15) is 5.69 Å². The molecule has 0 aliphatic rings. The summed E-state index contributed by atoms with van der Waals surface area (Å²) in [4.78, 5) is 8.97. The van der Waals surface area contributed by atoms with E-state index >= 15 is 0 Å². The molecule has 0 spiro atoms. The first-order valence-electron chi connectivity index (χ1n) is 5.10. The lowest BCUT2D eigenvalue weighted by molar-refractivity contribution is 1.09. The summed E-state index contributed by atoms with van der Waals surface area (Å²) in [6.45, 7) is 1.95. The number of hydrogen-bond acceptors (Lipinski definition) is 3. The molecule has 88 valence electrons. The van der Waals surface area contributed by atoms with Gasteiger partial charge in [0.1, 0.15) is 5.82 Å². The molecule has 5 heteroatoms. The van der Waals surface area contributed by atoms with Crippen molar-refractivity contribution in [2.24, 2.45) is 0 Å². The van der Waals surface area contributed by atoms with Gasteiger partial charge in [0.05, 0.1) is 10.2 Å². The molecule has 0 atom stereocenters. The Balaban J connectivity index is 2.61. The van der Waals surface area contributed by atoms with Gasteiger partial charge in [0, 0.05) is 17.1 Å². The van der Waals surface area contributed by atoms with Gasteiger partial charge in [0.25, 0.3) is 0 Å². The monoisotopic (exact) mass is 355 g/mol. The highest BCUT2D eigenvalue weighted by Crippen LogP contribution is 2.29. The number of nitrogens with one attached hydrogen (secondary N) is 1. The van der Waals surface area contributed by atoms with Gasteiger partial charge in [-0.25, -0.2) is 9.97 Å². The van der Waals surface area contributed by atoms with Crippen molar-refractivity contribution in [1.82, 2.24) is 9.97 Å². The third-order valence-corrected chi connectivity index (χ3v) is 4.01. The van der Waals surface area contributed by atoms with Crippen molar-refractivity contribution in [3.05, 3.63) is 38.9 Å². The van der Waals surface area contributed by atoms with Crippen LogP contribution >= 0.6 is 31.9 Å². The third kappa shape index (κ3) is 2.50. The Morgan fingerprint density at radius 2 is 1.82 bits per heavy atom. The van der Waals surface area contributed by atoms with Gasteiger partial charge in [-0.3, -0.25) is 0 Å². The largest absolute Gasteiger partial charge is 0.372 e. The number of benzene rings is 1. The molecule has 0 saturated carbocycles. The Morgan fingerprint density at radius 1 is 1.12 bits per heavy atom. The summed E-state index contributed by atoms with van der Waals surface area (Å²) >= 11 is 6.98. The lowest BCUT2D eigenvalue weighted by atomic mass is 10.2. The van der Waals surface area contributed by atoms with Gasteiger partial charge in [0.2, 0.25) is 0 Å². The van der Waals surface area contributed by atoms with Gasteiger partial charge < -0.3 is 5.32 Å². The van der Waals surface area contributed by atoms with Crippen LogP contribution in [0.25, 0.3) is 11.4 Å². The molecule has 0 aliphatic carbocycles. The second-order valence-corrected chi connectivity index (χ2v) is 5.17. The van der Waals surface area contributed by atoms with Crippen LogP contribution in [-0.2, 0) is 0 Å². The molecule has 0 amide bonds. The van der Waals surface area contributed by atoms with Gasteiger partial charge in [-0.2, -0.15) is 0 Å². The molecule has 0 saturated heterocycles. The average molecular weight is 357 g/mol. The molecule has 1 aromatic heterocycles. The van der Waals surface area contributed by atoms with Crippen molar-refractivity contribution in [3.63, 3.8) is 0 Å². The average Bonchev–Trinajstić information content (AvgIpc) is 2.33. The molecule has 0 radical (unpaired) electrons. The summed E-state index contributed by atoms with van der Waals surface area (Å²) in [6.07, 6.45) is 0. The lowest BCUT2D eigenvalue weighted by Gasteiger charge is -2.09. The second kappa shape index (κ2) is 5.14. The van der Waals surface area contributed by atoms with Crippen LogP contribution in [0.15, 0.2) is 33.2 Å². The molecule has 0 fully saturated rings. The molecule has 1 heterocycles. The Bertz CT molecular complexity index is 555. The Kier molecular flexibility index (Phi) is 3.79. The zero-order valence-corrected chi connectivity index (χ0v) is 12.6. The Hall–Kier alpha value is -0.940. The van der Waals surface area contributed by atoms with Crippen LogP contribution in [0.4, 0.5) is 5.82 Å². The Labute approximate surface area is 117 Å². The summed E-state index contributed by atoms with van der Waals surface area (Å²) in [7, 11) is 1.84. The fourth-order valence-electron chi connectivity index (χ4n) is 1.49. The van der Waals surface area contributed by atoms with Gasteiger partial charge in [-0.05, 0) is 28.9 Å². The highest BCUT2D eigenvalue weighted by Gasteiger charge is 2.11. The minimum atomic E-state index is 0.711. The number of halogens is 2. The predicted octanol–water partition coefficient (Wildman–Crippen LogP) is 4.02. The predicted molar refractivity (Wildman–Crippen MR) is 77.2 cm³/mol. The zero-order valence-electron chi connectivity index (χ0n) is 9.46. The van der Waals surface area contributed by atoms with E-state index in [1.165, 1.54) is 0 Å². The zero-order chi connectivity index (χ0) is 12.4. The van der Waals surface area contributed by atoms with E-state index in [1.54, 1.807) is 0 Å². The van der Waals surface area contributed by atoms with E-state index in [9.17, 15) is 0 Å². The van der Waals surface area contributed by atoms with Gasteiger partial charge in [-0.1, -0.05) is 34.1 Å². The number of aromatic nitrogens is 2. The van der Waals surface area contributed by atoms with Gasteiger partial charge >= 0.3 is 0 Å². The highest BCUT2D eigenvalue weighted by atomic mass is 79.9. The minimum Gasteiger partial charge on any atom is -0.372 e. The van der Waals surface area contributed by atoms with E-state index in [0.717, 1.165) is 26.0 Å². The third-order valence-electron chi connectivity index (χ3n) is 2.37. The first-order chi connectivity index (χ1) is 8.13. The first kappa shape index (κ1) is 12.5. The normalized spacial score (nSPS) is 10.4. The Morgan fingerprint density at radius 3 is 2.47 bits per heavy atom. The van der Waals surface area contributed by atoms with Crippen LogP contribution in [0, 0.1) is 6.92 Å². The minimum absolute atomic E-state index is 0.711. The van der Waals surface area contributed by atoms with E-state index < -0.39 is 0 Å². The maximum atomic E-state index is 4.48. The van der Waals surface area contributed by atoms with Gasteiger partial charge in [0.15, 0.2) is 5.82 Å². The fourth-order valence-corrected chi connectivity index (χ4v) is 2.33. The van der Waals surface area contributed by atoms with Crippen LogP contribution in [0.5, 0.6) is 0 Å². The summed E-state index contributed by atoms with van der Waals surface area (Å²) in [5.74, 6) is 1.51. The van der Waals surface area contributed by atoms with Crippen molar-refractivity contribution in [3.8, 4) is 11.4 Å². The molecule has 17 heavy (non-hydrogen) atoms. The number of hydrogen-bond donors (Lipinski definition) is 1. The lowest BCUT2D eigenvalue weighted by Crippen LogP contribution is -2.01. The van der Waals surface area contributed by atoms with Crippen LogP contribution in [0.3, 0.4) is 0 Å². The highest BCUT2D eigenvalue weighted by molar-refractivity contribution is 9.11. The summed E-state index contributed by atoms with van der Waals surface area (Å²) in [5.41, 5.74) is 1.90. The standard InChI is InChI=1S/C12H11Br2N3/c1-7-10(14)12(15-2)17-11(16-7)8-5-3-4-6-9(8)13/h3-6H,1-2H3,(H,15,16,17). The van der Waals surface area contributed by atoms with E-state index in [-0.39, 0.29) is 0 Å². The summed E-state index contributed by atoms with van der Waals surface area (Å²) in [6, 6.07) is 7.92. The quantitative estimate of drug-likeness (QED) is 0.883. The molecule has 0 aliphatic heterocycles. The number of rotatable bonds is 2. The molecule has 1 aromatic carbocycles. The van der Waals surface area contributed by atoms with Crippen LogP contribution in [0.2, 0.25) is 0 Å². The molecule has 0 bridgehead atoms. The second-order valence-electron chi connectivity index (χ2n) is 3.53. The van der Waals surface area contributed by atoms with E-state index in [0.29, 0.717) is 5.82 Å². The molecular weight excluding hydrogens is 346 g/mol.